The van der Waals surface area contributed by atoms with Crippen LogP contribution in [-0.4, -0.2) is 15.4 Å². The molecule has 0 unspecified atom stereocenters. The molecule has 47 heavy (non-hydrogen) atoms. The molecule has 0 N–H and O–H groups in total. The SMILES string of the molecule is CC(C)N1[CH-]N(c2[c-]cc3c4cccc5c6ccccc6n(c3c2)c54)c2ccccc21.Cc1c[c-]c(-c2cc(C)c(C)cn2)cc1.[Ir+3]. The summed E-state index contributed by atoms with van der Waals surface area (Å²) in [7, 11) is 0. The quantitative estimate of drug-likeness (QED) is 0.167. The monoisotopic (exact) mass is 788 g/mol. The molecule has 4 heterocycles. The third-order valence-electron chi connectivity index (χ3n) is 9.23. The molecule has 0 saturated carbocycles. The fourth-order valence-corrected chi connectivity index (χ4v) is 6.67. The third-order valence-corrected chi connectivity index (χ3v) is 9.23. The molecule has 0 aliphatic carbocycles. The van der Waals surface area contributed by atoms with Gasteiger partial charge in [0.15, 0.2) is 0 Å². The number of fused-ring (bicyclic) bond motifs is 7. The van der Waals surface area contributed by atoms with Crippen molar-refractivity contribution >= 4 is 55.2 Å². The summed E-state index contributed by atoms with van der Waals surface area (Å²) in [4.78, 5) is 9.00. The maximum absolute atomic E-state index is 4.41. The first-order chi connectivity index (χ1) is 22.4. The number of benzene rings is 5. The van der Waals surface area contributed by atoms with Crippen LogP contribution in [0, 0.1) is 39.6 Å². The van der Waals surface area contributed by atoms with Gasteiger partial charge in [0, 0.05) is 33.9 Å². The van der Waals surface area contributed by atoms with Crippen LogP contribution in [0.4, 0.5) is 17.1 Å². The molecule has 5 heteroatoms. The van der Waals surface area contributed by atoms with Gasteiger partial charge in [0.1, 0.15) is 0 Å². The molecule has 1 aliphatic heterocycles. The first-order valence-electron chi connectivity index (χ1n) is 15.9. The Hall–Kier alpha value is -4.70. The van der Waals surface area contributed by atoms with Gasteiger partial charge in [-0.25, -0.2) is 0 Å². The van der Waals surface area contributed by atoms with E-state index in [4.69, 9.17) is 0 Å². The fourth-order valence-electron chi connectivity index (χ4n) is 6.67. The summed E-state index contributed by atoms with van der Waals surface area (Å²) in [6.07, 6.45) is 1.92. The molecule has 3 aromatic heterocycles. The van der Waals surface area contributed by atoms with E-state index >= 15 is 0 Å². The molecule has 9 rings (SSSR count). The molecular formula is C42H35IrN4. The standard InChI is InChI=1S/C28H21N3.C14H14N.Ir/c1-18(2)29-17-30(26-13-6-5-12-25(26)29)19-14-15-21-23-10-7-9-22-20-8-3-4-11-24(20)31(28(22)23)27(21)16-19;1-10-4-6-13(7-5-10)14-8-11(2)12(3)9-15-14;/h3-13,15-18H,1-2H3;4-6,8-9H,1-3H3;/q-2;-1;+3. The zero-order chi connectivity index (χ0) is 31.5. The Morgan fingerprint density at radius 3 is 2.15 bits per heavy atom. The molecule has 232 valence electrons. The Morgan fingerprint density at radius 2 is 1.40 bits per heavy atom. The van der Waals surface area contributed by atoms with Crippen LogP contribution in [0.3, 0.4) is 0 Å². The minimum atomic E-state index is 0. The van der Waals surface area contributed by atoms with E-state index in [9.17, 15) is 0 Å². The van der Waals surface area contributed by atoms with E-state index in [1.54, 1.807) is 0 Å². The molecule has 0 fully saturated rings. The Morgan fingerprint density at radius 1 is 0.681 bits per heavy atom. The van der Waals surface area contributed by atoms with Crippen LogP contribution in [-0.2, 0) is 20.1 Å². The normalized spacial score (nSPS) is 12.6. The fraction of sp³-hybridized carbons (Fsp3) is 0.143. The van der Waals surface area contributed by atoms with Crippen molar-refractivity contribution in [1.29, 1.82) is 0 Å². The molecule has 0 atom stereocenters. The van der Waals surface area contributed by atoms with Crippen LogP contribution in [0.15, 0.2) is 109 Å². The number of hydrogen-bond acceptors (Lipinski definition) is 3. The van der Waals surface area contributed by atoms with Gasteiger partial charge in [-0.1, -0.05) is 72.6 Å². The summed E-state index contributed by atoms with van der Waals surface area (Å²) >= 11 is 0. The maximum atomic E-state index is 4.41. The minimum absolute atomic E-state index is 0. The second-order valence-corrected chi connectivity index (χ2v) is 12.6. The molecule has 0 saturated heterocycles. The largest absolute Gasteiger partial charge is 3.00 e. The van der Waals surface area contributed by atoms with Crippen LogP contribution in [0.1, 0.15) is 30.5 Å². The molecular weight excluding hydrogens is 753 g/mol. The Bertz CT molecular complexity index is 2370. The van der Waals surface area contributed by atoms with Crippen molar-refractivity contribution < 1.29 is 20.1 Å². The topological polar surface area (TPSA) is 23.8 Å². The summed E-state index contributed by atoms with van der Waals surface area (Å²) in [5.41, 5.74) is 13.1. The third kappa shape index (κ3) is 5.15. The molecule has 8 aromatic rings. The van der Waals surface area contributed by atoms with Crippen molar-refractivity contribution in [3.8, 4) is 11.3 Å². The molecule has 0 radical (unpaired) electrons. The van der Waals surface area contributed by atoms with E-state index in [1.807, 2.05) is 12.3 Å². The molecule has 0 spiro atoms. The van der Waals surface area contributed by atoms with E-state index in [2.05, 4.69) is 170 Å². The second kappa shape index (κ2) is 12.1. The van der Waals surface area contributed by atoms with Crippen molar-refractivity contribution in [3.63, 3.8) is 0 Å². The van der Waals surface area contributed by atoms with E-state index in [1.165, 1.54) is 66.2 Å². The van der Waals surface area contributed by atoms with Gasteiger partial charge in [0.25, 0.3) is 0 Å². The number of nitrogens with zero attached hydrogens (tertiary/aromatic N) is 4. The number of pyridine rings is 1. The van der Waals surface area contributed by atoms with Crippen LogP contribution in [0.25, 0.3) is 49.4 Å². The van der Waals surface area contributed by atoms with Gasteiger partial charge in [-0.05, 0) is 68.6 Å². The Labute approximate surface area is 290 Å². The number of aromatic nitrogens is 2. The zero-order valence-corrected chi connectivity index (χ0v) is 29.6. The maximum Gasteiger partial charge on any atom is 3.00 e. The summed E-state index contributed by atoms with van der Waals surface area (Å²) in [5.74, 6) is 0. The first-order valence-corrected chi connectivity index (χ1v) is 15.9. The second-order valence-electron chi connectivity index (χ2n) is 12.6. The van der Waals surface area contributed by atoms with Crippen molar-refractivity contribution in [2.24, 2.45) is 0 Å². The smallest absolute Gasteiger partial charge is 0.499 e. The Kier molecular flexibility index (Phi) is 7.99. The average Bonchev–Trinajstić information content (AvgIpc) is 3.74. The van der Waals surface area contributed by atoms with Crippen molar-refractivity contribution in [2.45, 2.75) is 40.7 Å². The van der Waals surface area contributed by atoms with Gasteiger partial charge < -0.3 is 19.2 Å². The van der Waals surface area contributed by atoms with E-state index < -0.39 is 0 Å². The van der Waals surface area contributed by atoms with Gasteiger partial charge in [0.05, 0.1) is 5.52 Å². The zero-order valence-electron chi connectivity index (χ0n) is 27.2. The molecule has 1 aliphatic rings. The van der Waals surface area contributed by atoms with E-state index in [0.717, 1.165) is 16.9 Å². The Balaban J connectivity index is 0.000000186. The van der Waals surface area contributed by atoms with Crippen molar-refractivity contribution in [2.75, 3.05) is 9.80 Å². The number of aryl methyl sites for hydroxylation is 3. The van der Waals surface area contributed by atoms with E-state index in [0.29, 0.717) is 6.04 Å². The van der Waals surface area contributed by atoms with Gasteiger partial charge in [-0.3, -0.25) is 0 Å². The predicted octanol–water partition coefficient (Wildman–Crippen LogP) is 10.6. The van der Waals surface area contributed by atoms with Gasteiger partial charge in [-0.15, -0.1) is 52.5 Å². The van der Waals surface area contributed by atoms with Crippen LogP contribution in [0.2, 0.25) is 0 Å². The van der Waals surface area contributed by atoms with E-state index in [-0.39, 0.29) is 20.1 Å². The van der Waals surface area contributed by atoms with Crippen molar-refractivity contribution in [1.82, 2.24) is 9.38 Å². The van der Waals surface area contributed by atoms with Gasteiger partial charge >= 0.3 is 20.1 Å². The summed E-state index contributed by atoms with van der Waals surface area (Å²) in [6.45, 7) is 12.9. The van der Waals surface area contributed by atoms with Gasteiger partial charge in [-0.2, -0.15) is 18.8 Å². The number of rotatable bonds is 3. The number of anilines is 3. The molecule has 4 nitrogen and oxygen atoms in total. The van der Waals surface area contributed by atoms with Crippen molar-refractivity contribution in [3.05, 3.63) is 145 Å². The summed E-state index contributed by atoms with van der Waals surface area (Å²) in [5, 5.41) is 5.17. The van der Waals surface area contributed by atoms with Crippen LogP contribution >= 0.6 is 0 Å². The molecule has 5 aromatic carbocycles. The molecule has 0 amide bonds. The average molecular weight is 788 g/mol. The number of hydrogen-bond donors (Lipinski definition) is 0. The van der Waals surface area contributed by atoms with Gasteiger partial charge in [0.2, 0.25) is 0 Å². The van der Waals surface area contributed by atoms with Crippen LogP contribution < -0.4 is 9.80 Å². The first kappa shape index (κ1) is 30.9. The predicted molar refractivity (Wildman–Crippen MR) is 193 cm³/mol. The summed E-state index contributed by atoms with van der Waals surface area (Å²) < 4.78 is 2.43. The minimum Gasteiger partial charge on any atom is -0.499 e. The molecule has 0 bridgehead atoms. The summed E-state index contributed by atoms with van der Waals surface area (Å²) in [6, 6.07) is 43.8. The van der Waals surface area contributed by atoms with Crippen LogP contribution in [0.5, 0.6) is 0 Å². The number of para-hydroxylation sites is 4.